The number of rotatable bonds is 1. The first-order valence-corrected chi connectivity index (χ1v) is 4.37. The van der Waals surface area contributed by atoms with Gasteiger partial charge in [0.05, 0.1) is 11.3 Å². The molecule has 1 aromatic heterocycles. The molecule has 0 amide bonds. The third-order valence-corrected chi connectivity index (χ3v) is 2.21. The molecular formula is C10H9N5. The van der Waals surface area contributed by atoms with Gasteiger partial charge in [0, 0.05) is 5.69 Å². The fraction of sp³-hybridized carbons (Fsp3) is 0.100. The van der Waals surface area contributed by atoms with Crippen LogP contribution in [0.1, 0.15) is 11.1 Å². The Kier molecular flexibility index (Phi) is 2.10. The minimum atomic E-state index is 0.471. The molecule has 2 N–H and O–H groups in total. The van der Waals surface area contributed by atoms with E-state index < -0.39 is 0 Å². The number of nitrogens with two attached hydrogens (primary N) is 1. The van der Waals surface area contributed by atoms with Crippen LogP contribution in [0.3, 0.4) is 0 Å². The molecule has 0 saturated carbocycles. The average Bonchev–Trinajstić information content (AvgIpc) is 2.75. The SMILES string of the molecule is Cc1cc(-n2cnnc2)cc(C#N)c1N. The third-order valence-electron chi connectivity index (χ3n) is 2.21. The molecule has 0 atom stereocenters. The van der Waals surface area contributed by atoms with E-state index in [1.165, 1.54) is 0 Å². The number of aromatic nitrogens is 3. The summed E-state index contributed by atoms with van der Waals surface area (Å²) in [4.78, 5) is 0. The summed E-state index contributed by atoms with van der Waals surface area (Å²) < 4.78 is 1.73. The molecule has 0 spiro atoms. The van der Waals surface area contributed by atoms with Crippen molar-refractivity contribution in [2.24, 2.45) is 0 Å². The van der Waals surface area contributed by atoms with Crippen molar-refractivity contribution in [3.05, 3.63) is 35.9 Å². The lowest BCUT2D eigenvalue weighted by Crippen LogP contribution is -1.98. The van der Waals surface area contributed by atoms with Gasteiger partial charge in [0.2, 0.25) is 0 Å². The summed E-state index contributed by atoms with van der Waals surface area (Å²) >= 11 is 0. The van der Waals surface area contributed by atoms with Gasteiger partial charge in [0.25, 0.3) is 0 Å². The van der Waals surface area contributed by atoms with Crippen molar-refractivity contribution in [3.8, 4) is 11.8 Å². The molecule has 0 radical (unpaired) electrons. The van der Waals surface area contributed by atoms with E-state index in [0.717, 1.165) is 11.3 Å². The molecule has 2 aromatic rings. The molecule has 74 valence electrons. The van der Waals surface area contributed by atoms with E-state index in [0.29, 0.717) is 11.3 Å². The van der Waals surface area contributed by atoms with Crippen LogP contribution in [0.4, 0.5) is 5.69 Å². The Balaban J connectivity index is 2.62. The van der Waals surface area contributed by atoms with Crippen LogP contribution < -0.4 is 5.73 Å². The highest BCUT2D eigenvalue weighted by Gasteiger charge is 2.05. The fourth-order valence-electron chi connectivity index (χ4n) is 1.35. The highest BCUT2D eigenvalue weighted by molar-refractivity contribution is 5.63. The molecule has 0 aliphatic heterocycles. The van der Waals surface area contributed by atoms with Crippen molar-refractivity contribution in [3.63, 3.8) is 0 Å². The average molecular weight is 199 g/mol. The van der Waals surface area contributed by atoms with Crippen molar-refractivity contribution in [1.82, 2.24) is 14.8 Å². The summed E-state index contributed by atoms with van der Waals surface area (Å²) in [5.41, 5.74) is 8.46. The van der Waals surface area contributed by atoms with Crippen molar-refractivity contribution in [2.45, 2.75) is 6.92 Å². The van der Waals surface area contributed by atoms with Gasteiger partial charge < -0.3 is 5.73 Å². The van der Waals surface area contributed by atoms with Crippen molar-refractivity contribution < 1.29 is 0 Å². The Morgan fingerprint density at radius 1 is 1.33 bits per heavy atom. The minimum absolute atomic E-state index is 0.471. The highest BCUT2D eigenvalue weighted by Crippen LogP contribution is 2.20. The Labute approximate surface area is 86.8 Å². The maximum Gasteiger partial charge on any atom is 0.123 e. The van der Waals surface area contributed by atoms with Gasteiger partial charge >= 0.3 is 0 Å². The van der Waals surface area contributed by atoms with Crippen LogP contribution in [0.15, 0.2) is 24.8 Å². The number of hydrogen-bond donors (Lipinski definition) is 1. The number of benzene rings is 1. The zero-order valence-corrected chi connectivity index (χ0v) is 8.18. The van der Waals surface area contributed by atoms with Gasteiger partial charge in [-0.2, -0.15) is 5.26 Å². The highest BCUT2D eigenvalue weighted by atomic mass is 15.2. The van der Waals surface area contributed by atoms with Crippen LogP contribution in [0.2, 0.25) is 0 Å². The molecule has 1 aromatic carbocycles. The Hall–Kier alpha value is -2.35. The number of hydrogen-bond acceptors (Lipinski definition) is 4. The normalized spacial score (nSPS) is 9.87. The van der Waals surface area contributed by atoms with E-state index in [-0.39, 0.29) is 0 Å². The molecule has 15 heavy (non-hydrogen) atoms. The van der Waals surface area contributed by atoms with Gasteiger partial charge in [0.1, 0.15) is 18.7 Å². The molecule has 0 unspecified atom stereocenters. The zero-order chi connectivity index (χ0) is 10.8. The quantitative estimate of drug-likeness (QED) is 0.695. The van der Waals surface area contributed by atoms with Crippen LogP contribution in [-0.4, -0.2) is 14.8 Å². The van der Waals surface area contributed by atoms with E-state index in [1.807, 2.05) is 13.0 Å². The summed E-state index contributed by atoms with van der Waals surface area (Å²) in [7, 11) is 0. The van der Waals surface area contributed by atoms with Gasteiger partial charge in [-0.25, -0.2) is 0 Å². The van der Waals surface area contributed by atoms with Crippen molar-refractivity contribution in [2.75, 3.05) is 5.73 Å². The second kappa shape index (κ2) is 3.42. The van der Waals surface area contributed by atoms with E-state index in [4.69, 9.17) is 11.0 Å². The van der Waals surface area contributed by atoms with Gasteiger partial charge in [-0.1, -0.05) is 0 Å². The largest absolute Gasteiger partial charge is 0.397 e. The second-order valence-corrected chi connectivity index (χ2v) is 3.20. The van der Waals surface area contributed by atoms with E-state index in [9.17, 15) is 0 Å². The Morgan fingerprint density at radius 2 is 2.00 bits per heavy atom. The first-order chi connectivity index (χ1) is 7.22. The third kappa shape index (κ3) is 1.53. The first kappa shape index (κ1) is 9.21. The van der Waals surface area contributed by atoms with Gasteiger partial charge in [0.15, 0.2) is 0 Å². The topological polar surface area (TPSA) is 80.5 Å². The number of anilines is 1. The predicted molar refractivity (Wildman–Crippen MR) is 55.2 cm³/mol. The maximum atomic E-state index is 8.89. The Bertz CT molecular complexity index is 521. The second-order valence-electron chi connectivity index (χ2n) is 3.20. The van der Waals surface area contributed by atoms with Gasteiger partial charge in [-0.05, 0) is 24.6 Å². The summed E-state index contributed by atoms with van der Waals surface area (Å²) in [5.74, 6) is 0. The Morgan fingerprint density at radius 3 is 2.60 bits per heavy atom. The lowest BCUT2D eigenvalue weighted by atomic mass is 10.1. The number of nitrogen functional groups attached to an aromatic ring is 1. The van der Waals surface area contributed by atoms with Gasteiger partial charge in [-0.3, -0.25) is 4.57 Å². The number of nitriles is 1. The molecule has 2 rings (SSSR count). The minimum Gasteiger partial charge on any atom is -0.397 e. The first-order valence-electron chi connectivity index (χ1n) is 4.37. The van der Waals surface area contributed by atoms with Crippen molar-refractivity contribution in [1.29, 1.82) is 5.26 Å². The predicted octanol–water partition coefficient (Wildman–Crippen LogP) is 1.03. The smallest absolute Gasteiger partial charge is 0.123 e. The standard InChI is InChI=1S/C10H9N5/c1-7-2-9(15-5-13-14-6-15)3-8(4-11)10(7)12/h2-3,5-6H,12H2,1H3. The molecule has 0 aliphatic rings. The molecule has 0 fully saturated rings. The van der Waals surface area contributed by atoms with Crippen LogP contribution in [0.25, 0.3) is 5.69 Å². The number of aryl methyl sites for hydroxylation is 1. The molecule has 0 bridgehead atoms. The van der Waals surface area contributed by atoms with Crippen LogP contribution in [0.5, 0.6) is 0 Å². The summed E-state index contributed by atoms with van der Waals surface area (Å²) in [6.45, 7) is 1.87. The molecule has 5 heteroatoms. The molecular weight excluding hydrogens is 190 g/mol. The molecule has 0 aliphatic carbocycles. The summed E-state index contributed by atoms with van der Waals surface area (Å²) in [6.07, 6.45) is 3.15. The fourth-order valence-corrected chi connectivity index (χ4v) is 1.35. The molecule has 0 saturated heterocycles. The van der Waals surface area contributed by atoms with E-state index in [1.54, 1.807) is 23.3 Å². The summed E-state index contributed by atoms with van der Waals surface area (Å²) in [6, 6.07) is 5.66. The van der Waals surface area contributed by atoms with Crippen LogP contribution in [-0.2, 0) is 0 Å². The van der Waals surface area contributed by atoms with Gasteiger partial charge in [-0.15, -0.1) is 10.2 Å². The lowest BCUT2D eigenvalue weighted by Gasteiger charge is -2.07. The lowest BCUT2D eigenvalue weighted by molar-refractivity contribution is 1.05. The zero-order valence-electron chi connectivity index (χ0n) is 8.18. The number of nitrogens with zero attached hydrogens (tertiary/aromatic N) is 4. The van der Waals surface area contributed by atoms with Crippen LogP contribution in [0, 0.1) is 18.3 Å². The van der Waals surface area contributed by atoms with Crippen LogP contribution >= 0.6 is 0 Å². The summed E-state index contributed by atoms with van der Waals surface area (Å²) in [5, 5.41) is 16.3. The van der Waals surface area contributed by atoms with E-state index in [2.05, 4.69) is 16.3 Å². The molecule has 1 heterocycles. The van der Waals surface area contributed by atoms with Crippen molar-refractivity contribution >= 4 is 5.69 Å². The maximum absolute atomic E-state index is 8.89. The monoisotopic (exact) mass is 199 g/mol. The van der Waals surface area contributed by atoms with E-state index >= 15 is 0 Å². The molecule has 5 nitrogen and oxygen atoms in total.